The van der Waals surface area contributed by atoms with Crippen LogP contribution in [-0.4, -0.2) is 87.7 Å². The standard InChI is InChI=1S/C25H36N2O10S/c1-2-19(26-25(29)36-23-15-35-24-18(23)9-10-34-24)20(28)14-27(37-16-5-3-4-6-16)38(30,31)17-7-8-21-22(13-17)33-12-11-32-21/h7-8,13,16,18-20,23-24,28H,2-6,9-12,14-15H2,1H3,(H,26,29)/t18-,19-,20+,23?,24+/m0/s1. The van der Waals surface area contributed by atoms with Gasteiger partial charge < -0.3 is 34.1 Å². The molecule has 1 aromatic carbocycles. The number of nitrogens with one attached hydrogen (secondary N) is 1. The molecule has 1 aliphatic carbocycles. The number of ether oxygens (including phenoxy) is 5. The van der Waals surface area contributed by atoms with Crippen molar-refractivity contribution in [2.24, 2.45) is 5.92 Å². The highest BCUT2D eigenvalue weighted by Crippen LogP contribution is 2.35. The van der Waals surface area contributed by atoms with Crippen LogP contribution in [-0.2, 0) is 29.1 Å². The van der Waals surface area contributed by atoms with Crippen LogP contribution >= 0.6 is 0 Å². The van der Waals surface area contributed by atoms with E-state index in [1.165, 1.54) is 12.1 Å². The lowest BCUT2D eigenvalue weighted by Gasteiger charge is -2.30. The Morgan fingerprint density at radius 2 is 1.89 bits per heavy atom. The average molecular weight is 557 g/mol. The van der Waals surface area contributed by atoms with E-state index in [-0.39, 0.29) is 36.4 Å². The maximum absolute atomic E-state index is 13.7. The lowest BCUT2D eigenvalue weighted by molar-refractivity contribution is -0.145. The van der Waals surface area contributed by atoms with E-state index in [9.17, 15) is 18.3 Å². The molecule has 0 radical (unpaired) electrons. The lowest BCUT2D eigenvalue weighted by atomic mass is 10.0. The quantitative estimate of drug-likeness (QED) is 0.411. The number of hydrogen-bond acceptors (Lipinski definition) is 10. The number of rotatable bonds is 10. The first-order valence-electron chi connectivity index (χ1n) is 13.3. The summed E-state index contributed by atoms with van der Waals surface area (Å²) in [6.07, 6.45) is 1.38. The number of nitrogens with zero attached hydrogens (tertiary/aromatic N) is 1. The maximum Gasteiger partial charge on any atom is 0.407 e. The van der Waals surface area contributed by atoms with E-state index in [4.69, 9.17) is 28.5 Å². The smallest absolute Gasteiger partial charge is 0.407 e. The van der Waals surface area contributed by atoms with Gasteiger partial charge in [-0.05, 0) is 37.8 Å². The van der Waals surface area contributed by atoms with Crippen LogP contribution in [0.3, 0.4) is 0 Å². The molecular weight excluding hydrogens is 520 g/mol. The van der Waals surface area contributed by atoms with Gasteiger partial charge >= 0.3 is 6.09 Å². The van der Waals surface area contributed by atoms with Crippen molar-refractivity contribution in [1.82, 2.24) is 9.79 Å². The highest BCUT2D eigenvalue weighted by molar-refractivity contribution is 7.89. The predicted molar refractivity (Wildman–Crippen MR) is 132 cm³/mol. The number of hydroxylamine groups is 1. The van der Waals surface area contributed by atoms with Crippen molar-refractivity contribution in [2.45, 2.75) is 81.0 Å². The van der Waals surface area contributed by atoms with Crippen LogP contribution in [0.25, 0.3) is 0 Å². The second-order valence-electron chi connectivity index (χ2n) is 10.0. The Morgan fingerprint density at radius 1 is 1.13 bits per heavy atom. The second-order valence-corrected chi connectivity index (χ2v) is 11.8. The second kappa shape index (κ2) is 11.9. The Labute approximate surface area is 222 Å². The van der Waals surface area contributed by atoms with Gasteiger partial charge in [0.25, 0.3) is 10.0 Å². The highest BCUT2D eigenvalue weighted by atomic mass is 32.2. The predicted octanol–water partition coefficient (Wildman–Crippen LogP) is 1.95. The minimum absolute atomic E-state index is 0.0165. The Balaban J connectivity index is 1.27. The summed E-state index contributed by atoms with van der Waals surface area (Å²) in [5, 5.41) is 13.8. The number of aliphatic hydroxyl groups excluding tert-OH is 1. The van der Waals surface area contributed by atoms with E-state index in [1.807, 2.05) is 0 Å². The molecule has 13 heteroatoms. The van der Waals surface area contributed by atoms with Crippen LogP contribution in [0.2, 0.25) is 0 Å². The van der Waals surface area contributed by atoms with Crippen molar-refractivity contribution < 1.29 is 46.8 Å². The van der Waals surface area contributed by atoms with Gasteiger partial charge in [0, 0.05) is 6.07 Å². The van der Waals surface area contributed by atoms with E-state index in [0.29, 0.717) is 37.7 Å². The van der Waals surface area contributed by atoms with Gasteiger partial charge in [-0.2, -0.15) is 0 Å². The summed E-state index contributed by atoms with van der Waals surface area (Å²) in [5.74, 6) is 0.785. The molecule has 0 aromatic heterocycles. The first-order valence-corrected chi connectivity index (χ1v) is 14.8. The molecule has 5 rings (SSSR count). The third-order valence-corrected chi connectivity index (χ3v) is 9.06. The van der Waals surface area contributed by atoms with Crippen molar-refractivity contribution in [1.29, 1.82) is 0 Å². The molecule has 1 aromatic rings. The van der Waals surface area contributed by atoms with E-state index in [0.717, 1.165) is 36.6 Å². The van der Waals surface area contributed by atoms with E-state index in [2.05, 4.69) is 5.32 Å². The van der Waals surface area contributed by atoms with E-state index in [1.54, 1.807) is 13.0 Å². The van der Waals surface area contributed by atoms with E-state index >= 15 is 0 Å². The molecular formula is C25H36N2O10S. The molecule has 38 heavy (non-hydrogen) atoms. The van der Waals surface area contributed by atoms with Crippen molar-refractivity contribution >= 4 is 16.1 Å². The normalized spacial score (nSPS) is 26.8. The number of fused-ring (bicyclic) bond motifs is 2. The molecule has 0 spiro atoms. The van der Waals surface area contributed by atoms with Gasteiger partial charge in [-0.15, -0.1) is 0 Å². The van der Waals surface area contributed by atoms with Crippen LogP contribution in [0, 0.1) is 5.92 Å². The summed E-state index contributed by atoms with van der Waals surface area (Å²) in [5.41, 5.74) is 0. The molecule has 5 atom stereocenters. The largest absolute Gasteiger partial charge is 0.486 e. The molecule has 3 fully saturated rings. The van der Waals surface area contributed by atoms with Crippen LogP contribution in [0.4, 0.5) is 4.79 Å². The molecule has 3 heterocycles. The van der Waals surface area contributed by atoms with Crippen molar-refractivity contribution in [3.05, 3.63) is 18.2 Å². The SMILES string of the molecule is CC[C@H](NC(=O)OC1CO[C@H]2OCC[C@@H]12)[C@H](O)CN(OC1CCCC1)S(=O)(=O)c1ccc2c(c1)OCCO2. The van der Waals surface area contributed by atoms with Crippen molar-refractivity contribution in [3.8, 4) is 11.5 Å². The molecule has 4 aliphatic rings. The first-order chi connectivity index (χ1) is 18.3. The van der Waals surface area contributed by atoms with Gasteiger partial charge in [-0.25, -0.2) is 13.2 Å². The number of alkyl carbamates (subject to hydrolysis) is 1. The summed E-state index contributed by atoms with van der Waals surface area (Å²) in [7, 11) is -4.17. The first kappa shape index (κ1) is 27.4. The van der Waals surface area contributed by atoms with Crippen molar-refractivity contribution in [2.75, 3.05) is 33.0 Å². The summed E-state index contributed by atoms with van der Waals surface area (Å²) in [6, 6.07) is 3.60. The Hall–Kier alpha value is -2.16. The Morgan fingerprint density at radius 3 is 2.66 bits per heavy atom. The molecule has 1 amide bonds. The summed E-state index contributed by atoms with van der Waals surface area (Å²) < 4.78 is 55.8. The average Bonchev–Trinajstić information content (AvgIpc) is 3.67. The monoisotopic (exact) mass is 556 g/mol. The molecule has 1 unspecified atom stereocenters. The fraction of sp³-hybridized carbons (Fsp3) is 0.720. The zero-order chi connectivity index (χ0) is 26.7. The van der Waals surface area contributed by atoms with Gasteiger partial charge in [0.15, 0.2) is 17.8 Å². The third-order valence-electron chi connectivity index (χ3n) is 7.44. The zero-order valence-electron chi connectivity index (χ0n) is 21.5. The van der Waals surface area contributed by atoms with Gasteiger partial charge in [0.1, 0.15) is 19.3 Å². The van der Waals surface area contributed by atoms with Crippen LogP contribution in [0.5, 0.6) is 11.5 Å². The summed E-state index contributed by atoms with van der Waals surface area (Å²) in [4.78, 5) is 18.5. The van der Waals surface area contributed by atoms with E-state index < -0.39 is 34.4 Å². The molecule has 1 saturated carbocycles. The summed E-state index contributed by atoms with van der Waals surface area (Å²) in [6.45, 7) is 2.92. The van der Waals surface area contributed by atoms with Gasteiger partial charge in [0.2, 0.25) is 0 Å². The summed E-state index contributed by atoms with van der Waals surface area (Å²) >= 11 is 0. The zero-order valence-corrected chi connectivity index (χ0v) is 22.3. The number of amides is 1. The minimum Gasteiger partial charge on any atom is -0.486 e. The number of aliphatic hydroxyl groups is 1. The number of hydrogen-bond donors (Lipinski definition) is 2. The molecule has 12 nitrogen and oxygen atoms in total. The molecule has 2 saturated heterocycles. The lowest BCUT2D eigenvalue weighted by Crippen LogP contribution is -2.50. The van der Waals surface area contributed by atoms with Crippen LogP contribution < -0.4 is 14.8 Å². The number of carbonyl (C=O) groups excluding carboxylic acids is 1. The number of carbonyl (C=O) groups is 1. The topological polar surface area (TPSA) is 142 Å². The van der Waals surface area contributed by atoms with Gasteiger partial charge in [-0.1, -0.05) is 24.2 Å². The van der Waals surface area contributed by atoms with Gasteiger partial charge in [0.05, 0.1) is 48.8 Å². The van der Waals surface area contributed by atoms with Crippen molar-refractivity contribution in [3.63, 3.8) is 0 Å². The fourth-order valence-corrected chi connectivity index (χ4v) is 6.60. The number of sulfonamides is 1. The molecule has 212 valence electrons. The fourth-order valence-electron chi connectivity index (χ4n) is 5.28. The maximum atomic E-state index is 13.7. The minimum atomic E-state index is -4.17. The van der Waals surface area contributed by atoms with Crippen LogP contribution in [0.1, 0.15) is 45.4 Å². The Kier molecular flexibility index (Phi) is 8.60. The third kappa shape index (κ3) is 6.02. The molecule has 0 bridgehead atoms. The molecule has 3 aliphatic heterocycles. The number of benzene rings is 1. The molecule has 2 N–H and O–H groups in total. The van der Waals surface area contributed by atoms with Crippen LogP contribution in [0.15, 0.2) is 23.1 Å². The highest BCUT2D eigenvalue weighted by Gasteiger charge is 2.44. The van der Waals surface area contributed by atoms with Gasteiger partial charge in [-0.3, -0.25) is 4.84 Å². The Bertz CT molecular complexity index is 1080.